The van der Waals surface area contributed by atoms with E-state index in [0.717, 1.165) is 22.4 Å². The summed E-state index contributed by atoms with van der Waals surface area (Å²) in [6, 6.07) is 14.0. The molecule has 3 rings (SSSR count). The number of nitrogens with one attached hydrogen (secondary N) is 2. The van der Waals surface area contributed by atoms with Gasteiger partial charge in [-0.1, -0.05) is 24.8 Å². The van der Waals surface area contributed by atoms with Crippen molar-refractivity contribution in [2.45, 2.75) is 0 Å². The number of furan rings is 1. The number of phenols is 1. The molecule has 126 valence electrons. The summed E-state index contributed by atoms with van der Waals surface area (Å²) >= 11 is 0. The Labute approximate surface area is 145 Å². The van der Waals surface area contributed by atoms with Crippen LogP contribution in [0, 0.1) is 0 Å². The third-order valence-corrected chi connectivity index (χ3v) is 3.83. The lowest BCUT2D eigenvalue weighted by Crippen LogP contribution is -2.12. The van der Waals surface area contributed by atoms with Crippen LogP contribution in [-0.2, 0) is 0 Å². The second-order valence-corrected chi connectivity index (χ2v) is 5.42. The Morgan fingerprint density at radius 2 is 1.92 bits per heavy atom. The molecule has 0 radical (unpaired) electrons. The molecule has 1 aromatic heterocycles. The van der Waals surface area contributed by atoms with Gasteiger partial charge >= 0.3 is 0 Å². The molecule has 0 saturated carbocycles. The highest BCUT2D eigenvalue weighted by molar-refractivity contribution is 6.04. The van der Waals surface area contributed by atoms with Crippen molar-refractivity contribution in [1.82, 2.24) is 0 Å². The van der Waals surface area contributed by atoms with E-state index >= 15 is 0 Å². The SMILES string of the molecule is C=Cc1c(NC)cc(-c2cccc(O)c2)cc1NC(=O)c1ccco1. The minimum absolute atomic E-state index is 0.178. The molecule has 5 heteroatoms. The summed E-state index contributed by atoms with van der Waals surface area (Å²) in [6.07, 6.45) is 3.13. The first-order valence-corrected chi connectivity index (χ1v) is 7.75. The predicted molar refractivity (Wildman–Crippen MR) is 99.8 cm³/mol. The molecule has 1 heterocycles. The topological polar surface area (TPSA) is 74.5 Å². The molecule has 3 aromatic rings. The fourth-order valence-corrected chi connectivity index (χ4v) is 2.63. The Morgan fingerprint density at radius 3 is 2.56 bits per heavy atom. The molecular weight excluding hydrogens is 316 g/mol. The molecule has 0 aliphatic heterocycles. The molecule has 0 aliphatic carbocycles. The average Bonchev–Trinajstić information content (AvgIpc) is 3.15. The highest BCUT2D eigenvalue weighted by atomic mass is 16.3. The van der Waals surface area contributed by atoms with Crippen molar-refractivity contribution < 1.29 is 14.3 Å². The summed E-state index contributed by atoms with van der Waals surface area (Å²) in [5, 5.41) is 15.7. The maximum Gasteiger partial charge on any atom is 0.291 e. The van der Waals surface area contributed by atoms with Crippen LogP contribution in [0.4, 0.5) is 11.4 Å². The Hall–Kier alpha value is -3.47. The number of benzene rings is 2. The van der Waals surface area contributed by atoms with Gasteiger partial charge in [-0.05, 0) is 47.5 Å². The molecule has 25 heavy (non-hydrogen) atoms. The Morgan fingerprint density at radius 1 is 1.12 bits per heavy atom. The molecule has 2 aromatic carbocycles. The number of phenolic OH excluding ortho intramolecular Hbond substituents is 1. The van der Waals surface area contributed by atoms with Gasteiger partial charge in [-0.15, -0.1) is 0 Å². The van der Waals surface area contributed by atoms with Crippen molar-refractivity contribution >= 4 is 23.4 Å². The van der Waals surface area contributed by atoms with Crippen molar-refractivity contribution in [1.29, 1.82) is 0 Å². The Balaban J connectivity index is 2.07. The number of carbonyl (C=O) groups is 1. The maximum atomic E-state index is 12.3. The van der Waals surface area contributed by atoms with Crippen LogP contribution in [0.2, 0.25) is 0 Å². The van der Waals surface area contributed by atoms with Crippen molar-refractivity contribution in [3.8, 4) is 16.9 Å². The first kappa shape index (κ1) is 16.4. The molecule has 0 spiro atoms. The highest BCUT2D eigenvalue weighted by Gasteiger charge is 2.14. The number of amides is 1. The zero-order valence-corrected chi connectivity index (χ0v) is 13.7. The zero-order chi connectivity index (χ0) is 17.8. The van der Waals surface area contributed by atoms with Crippen LogP contribution >= 0.6 is 0 Å². The van der Waals surface area contributed by atoms with E-state index in [1.807, 2.05) is 18.2 Å². The summed E-state index contributed by atoms with van der Waals surface area (Å²) in [7, 11) is 1.80. The van der Waals surface area contributed by atoms with Crippen LogP contribution in [0.15, 0.2) is 65.8 Å². The molecule has 5 nitrogen and oxygen atoms in total. The molecular formula is C20H18N2O3. The lowest BCUT2D eigenvalue weighted by molar-refractivity contribution is 0.0996. The van der Waals surface area contributed by atoms with Crippen molar-refractivity contribution in [2.75, 3.05) is 17.7 Å². The van der Waals surface area contributed by atoms with Crippen molar-refractivity contribution in [3.05, 3.63) is 72.7 Å². The van der Waals surface area contributed by atoms with E-state index in [1.165, 1.54) is 6.26 Å². The summed E-state index contributed by atoms with van der Waals surface area (Å²) < 4.78 is 5.14. The van der Waals surface area contributed by atoms with E-state index in [4.69, 9.17) is 4.42 Å². The molecule has 0 atom stereocenters. The minimum Gasteiger partial charge on any atom is -0.508 e. The van der Waals surface area contributed by atoms with Crippen LogP contribution in [0.25, 0.3) is 17.2 Å². The van der Waals surface area contributed by atoms with E-state index < -0.39 is 0 Å². The van der Waals surface area contributed by atoms with Crippen LogP contribution < -0.4 is 10.6 Å². The summed E-state index contributed by atoms with van der Waals surface area (Å²) in [6.45, 7) is 3.83. The fourth-order valence-electron chi connectivity index (χ4n) is 2.63. The third-order valence-electron chi connectivity index (χ3n) is 3.83. The fraction of sp³-hybridized carbons (Fsp3) is 0.0500. The van der Waals surface area contributed by atoms with Gasteiger partial charge in [0.1, 0.15) is 5.75 Å². The maximum absolute atomic E-state index is 12.3. The smallest absolute Gasteiger partial charge is 0.291 e. The molecule has 1 amide bonds. The number of rotatable bonds is 5. The van der Waals surface area contributed by atoms with Gasteiger partial charge < -0.3 is 20.2 Å². The zero-order valence-electron chi connectivity index (χ0n) is 13.7. The van der Waals surface area contributed by atoms with Crippen LogP contribution in [0.5, 0.6) is 5.75 Å². The van der Waals surface area contributed by atoms with Gasteiger partial charge in [0.15, 0.2) is 5.76 Å². The van der Waals surface area contributed by atoms with E-state index in [1.54, 1.807) is 43.5 Å². The van der Waals surface area contributed by atoms with E-state index in [-0.39, 0.29) is 17.4 Å². The second kappa shape index (κ2) is 6.97. The predicted octanol–water partition coefficient (Wildman–Crippen LogP) is 4.59. The average molecular weight is 334 g/mol. The third kappa shape index (κ3) is 3.40. The number of hydrogen-bond donors (Lipinski definition) is 3. The quantitative estimate of drug-likeness (QED) is 0.638. The molecule has 0 saturated heterocycles. The largest absolute Gasteiger partial charge is 0.508 e. The van der Waals surface area contributed by atoms with Gasteiger partial charge in [-0.3, -0.25) is 4.79 Å². The Kier molecular flexibility index (Phi) is 4.57. The second-order valence-electron chi connectivity index (χ2n) is 5.42. The molecule has 0 bridgehead atoms. The molecule has 3 N–H and O–H groups in total. The molecule has 0 aliphatic rings. The van der Waals surface area contributed by atoms with Gasteiger partial charge in [0, 0.05) is 18.3 Å². The van der Waals surface area contributed by atoms with Crippen molar-refractivity contribution in [2.24, 2.45) is 0 Å². The monoisotopic (exact) mass is 334 g/mol. The number of aromatic hydroxyl groups is 1. The molecule has 0 unspecified atom stereocenters. The Bertz CT molecular complexity index is 915. The van der Waals surface area contributed by atoms with Crippen LogP contribution in [-0.4, -0.2) is 18.1 Å². The lowest BCUT2D eigenvalue weighted by atomic mass is 10.00. The first-order valence-electron chi connectivity index (χ1n) is 7.75. The first-order chi connectivity index (χ1) is 12.1. The van der Waals surface area contributed by atoms with Crippen LogP contribution in [0.1, 0.15) is 16.1 Å². The lowest BCUT2D eigenvalue weighted by Gasteiger charge is -2.15. The van der Waals surface area contributed by atoms with Gasteiger partial charge in [0.05, 0.1) is 12.0 Å². The van der Waals surface area contributed by atoms with Gasteiger partial charge in [0.2, 0.25) is 0 Å². The number of carbonyl (C=O) groups excluding carboxylic acids is 1. The van der Waals surface area contributed by atoms with E-state index in [9.17, 15) is 9.90 Å². The normalized spacial score (nSPS) is 10.3. The van der Waals surface area contributed by atoms with Gasteiger partial charge in [-0.2, -0.15) is 0 Å². The van der Waals surface area contributed by atoms with E-state index in [0.29, 0.717) is 5.69 Å². The highest BCUT2D eigenvalue weighted by Crippen LogP contribution is 2.34. The van der Waals surface area contributed by atoms with E-state index in [2.05, 4.69) is 17.2 Å². The molecule has 0 fully saturated rings. The summed E-state index contributed by atoms with van der Waals surface area (Å²) in [5.41, 5.74) is 3.86. The number of hydrogen-bond acceptors (Lipinski definition) is 4. The minimum atomic E-state index is -0.344. The summed E-state index contributed by atoms with van der Waals surface area (Å²) in [5.74, 6) is 0.0597. The standard InChI is InChI=1S/C20H18N2O3/c1-3-16-17(21-2)11-14(13-6-4-7-15(23)10-13)12-18(16)22-20(24)19-8-5-9-25-19/h3-12,21,23H,1H2,2H3,(H,22,24). The van der Waals surface area contributed by atoms with Gasteiger partial charge in [0.25, 0.3) is 5.91 Å². The van der Waals surface area contributed by atoms with Gasteiger partial charge in [-0.25, -0.2) is 0 Å². The number of anilines is 2. The summed E-state index contributed by atoms with van der Waals surface area (Å²) in [4.78, 5) is 12.3. The van der Waals surface area contributed by atoms with Crippen LogP contribution in [0.3, 0.4) is 0 Å². The van der Waals surface area contributed by atoms with Crippen molar-refractivity contribution in [3.63, 3.8) is 0 Å².